The molecule has 0 saturated heterocycles. The molecule has 0 spiro atoms. The van der Waals surface area contributed by atoms with E-state index in [9.17, 15) is 4.79 Å². The van der Waals surface area contributed by atoms with Crippen molar-refractivity contribution in [2.45, 2.75) is 12.8 Å². The summed E-state index contributed by atoms with van der Waals surface area (Å²) in [6, 6.07) is 5.76. The van der Waals surface area contributed by atoms with Crippen LogP contribution in [0.2, 0.25) is 0 Å². The smallest absolute Gasteiger partial charge is 0.193 e. The third-order valence-corrected chi connectivity index (χ3v) is 3.76. The first-order valence-corrected chi connectivity index (χ1v) is 6.86. The number of allylic oxidation sites excluding steroid dienone is 1. The standard InChI is InChI=1S/C12H10BrIO2/c13-11-4-3-9(14)6-10(11)12(15)8-2-1-5-16-7-8/h3-4,6-7H,1-2,5H2. The van der Waals surface area contributed by atoms with Gasteiger partial charge in [0, 0.05) is 19.2 Å². The molecular formula is C12H10BrIO2. The molecule has 1 aliphatic rings. The first-order chi connectivity index (χ1) is 7.68. The molecule has 0 atom stereocenters. The maximum Gasteiger partial charge on any atom is 0.193 e. The van der Waals surface area contributed by atoms with Gasteiger partial charge in [-0.05, 0) is 53.6 Å². The van der Waals surface area contributed by atoms with Gasteiger partial charge in [0.15, 0.2) is 5.78 Å². The van der Waals surface area contributed by atoms with Crippen molar-refractivity contribution in [2.24, 2.45) is 0 Å². The van der Waals surface area contributed by atoms with Crippen molar-refractivity contribution < 1.29 is 9.53 Å². The molecule has 2 nitrogen and oxygen atoms in total. The highest BCUT2D eigenvalue weighted by molar-refractivity contribution is 14.1. The van der Waals surface area contributed by atoms with Crippen LogP contribution in [0.4, 0.5) is 0 Å². The fraction of sp³-hybridized carbons (Fsp3) is 0.250. The van der Waals surface area contributed by atoms with Crippen LogP contribution in [0.3, 0.4) is 0 Å². The highest BCUT2D eigenvalue weighted by Gasteiger charge is 2.17. The molecule has 1 aromatic carbocycles. The SMILES string of the molecule is O=C(C1=COCCC1)c1cc(I)ccc1Br. The number of ether oxygens (including phenoxy) is 1. The average molecular weight is 393 g/mol. The molecule has 0 aliphatic carbocycles. The Morgan fingerprint density at radius 3 is 2.94 bits per heavy atom. The predicted molar refractivity (Wildman–Crippen MR) is 74.5 cm³/mol. The van der Waals surface area contributed by atoms with Gasteiger partial charge in [0.25, 0.3) is 0 Å². The second-order valence-corrected chi connectivity index (χ2v) is 5.67. The van der Waals surface area contributed by atoms with Gasteiger partial charge in [-0.1, -0.05) is 15.9 Å². The van der Waals surface area contributed by atoms with E-state index in [1.54, 1.807) is 6.26 Å². The summed E-state index contributed by atoms with van der Waals surface area (Å²) in [4.78, 5) is 12.2. The predicted octanol–water partition coefficient (Wildman–Crippen LogP) is 3.93. The first-order valence-electron chi connectivity index (χ1n) is 4.99. The third-order valence-electron chi connectivity index (χ3n) is 2.40. The van der Waals surface area contributed by atoms with E-state index in [4.69, 9.17) is 4.74 Å². The molecule has 4 heteroatoms. The van der Waals surface area contributed by atoms with Crippen molar-refractivity contribution in [3.05, 3.63) is 43.6 Å². The van der Waals surface area contributed by atoms with Crippen LogP contribution < -0.4 is 0 Å². The summed E-state index contributed by atoms with van der Waals surface area (Å²) >= 11 is 5.61. The summed E-state index contributed by atoms with van der Waals surface area (Å²) in [5.74, 6) is 0.0603. The highest BCUT2D eigenvalue weighted by atomic mass is 127. The monoisotopic (exact) mass is 392 g/mol. The van der Waals surface area contributed by atoms with Crippen molar-refractivity contribution in [1.82, 2.24) is 0 Å². The van der Waals surface area contributed by atoms with Crippen LogP contribution in [0.1, 0.15) is 23.2 Å². The fourth-order valence-electron chi connectivity index (χ4n) is 1.58. The van der Waals surface area contributed by atoms with Crippen LogP contribution in [0.25, 0.3) is 0 Å². The zero-order valence-corrected chi connectivity index (χ0v) is 12.2. The average Bonchev–Trinajstić information content (AvgIpc) is 2.32. The van der Waals surface area contributed by atoms with E-state index in [1.165, 1.54) is 0 Å². The Bertz CT molecular complexity index is 454. The summed E-state index contributed by atoms with van der Waals surface area (Å²) in [7, 11) is 0. The highest BCUT2D eigenvalue weighted by Crippen LogP contribution is 2.25. The Morgan fingerprint density at radius 1 is 1.44 bits per heavy atom. The lowest BCUT2D eigenvalue weighted by atomic mass is 10.00. The van der Waals surface area contributed by atoms with Gasteiger partial charge in [-0.25, -0.2) is 0 Å². The minimum atomic E-state index is 0.0603. The lowest BCUT2D eigenvalue weighted by Crippen LogP contribution is -2.10. The molecule has 0 saturated carbocycles. The normalized spacial score (nSPS) is 15.2. The molecule has 1 heterocycles. The number of Topliss-reactive ketones (excluding diaryl/α,β-unsaturated/α-hetero) is 1. The molecule has 2 rings (SSSR count). The van der Waals surface area contributed by atoms with Crippen LogP contribution in [-0.2, 0) is 4.74 Å². The van der Waals surface area contributed by atoms with Crippen LogP contribution >= 0.6 is 38.5 Å². The maximum atomic E-state index is 12.2. The van der Waals surface area contributed by atoms with Gasteiger partial charge in [0.2, 0.25) is 0 Å². The zero-order chi connectivity index (χ0) is 11.5. The van der Waals surface area contributed by atoms with Crippen molar-refractivity contribution in [3.8, 4) is 0 Å². The van der Waals surface area contributed by atoms with Crippen molar-refractivity contribution in [1.29, 1.82) is 0 Å². The topological polar surface area (TPSA) is 26.3 Å². The number of halogens is 2. The summed E-state index contributed by atoms with van der Waals surface area (Å²) < 4.78 is 7.09. The van der Waals surface area contributed by atoms with Gasteiger partial charge in [-0.2, -0.15) is 0 Å². The number of rotatable bonds is 2. The zero-order valence-electron chi connectivity index (χ0n) is 8.50. The molecule has 0 N–H and O–H groups in total. The lowest BCUT2D eigenvalue weighted by molar-refractivity contribution is 0.101. The van der Waals surface area contributed by atoms with E-state index < -0.39 is 0 Å². The molecule has 16 heavy (non-hydrogen) atoms. The molecule has 0 amide bonds. The van der Waals surface area contributed by atoms with Gasteiger partial charge in [-0.3, -0.25) is 4.79 Å². The van der Waals surface area contributed by atoms with Crippen LogP contribution in [0.15, 0.2) is 34.5 Å². The Hall–Kier alpha value is -0.360. The van der Waals surface area contributed by atoms with Gasteiger partial charge < -0.3 is 4.74 Å². The molecule has 84 valence electrons. The molecule has 1 aromatic rings. The van der Waals surface area contributed by atoms with Crippen LogP contribution in [-0.4, -0.2) is 12.4 Å². The molecule has 0 aromatic heterocycles. The molecule has 0 fully saturated rings. The van der Waals surface area contributed by atoms with E-state index in [0.717, 1.165) is 26.5 Å². The number of carbonyl (C=O) groups excluding carboxylic acids is 1. The minimum absolute atomic E-state index is 0.0603. The van der Waals surface area contributed by atoms with E-state index in [0.29, 0.717) is 12.2 Å². The van der Waals surface area contributed by atoms with Crippen LogP contribution in [0, 0.1) is 3.57 Å². The van der Waals surface area contributed by atoms with E-state index in [2.05, 4.69) is 38.5 Å². The summed E-state index contributed by atoms with van der Waals surface area (Å²) in [5.41, 5.74) is 1.47. The number of hydrogen-bond donors (Lipinski definition) is 0. The van der Waals surface area contributed by atoms with E-state index in [-0.39, 0.29) is 5.78 Å². The van der Waals surface area contributed by atoms with Crippen molar-refractivity contribution in [3.63, 3.8) is 0 Å². The van der Waals surface area contributed by atoms with Crippen LogP contribution in [0.5, 0.6) is 0 Å². The minimum Gasteiger partial charge on any atom is -0.501 e. The second-order valence-electron chi connectivity index (χ2n) is 3.57. The number of carbonyl (C=O) groups is 1. The quantitative estimate of drug-likeness (QED) is 0.563. The summed E-state index contributed by atoms with van der Waals surface area (Å²) in [5, 5.41) is 0. The Labute approximate surface area is 116 Å². The maximum absolute atomic E-state index is 12.2. The lowest BCUT2D eigenvalue weighted by Gasteiger charge is -2.13. The molecule has 0 unspecified atom stereocenters. The van der Waals surface area contributed by atoms with Gasteiger partial charge >= 0.3 is 0 Å². The Kier molecular flexibility index (Phi) is 4.02. The Morgan fingerprint density at radius 2 is 2.25 bits per heavy atom. The molecular weight excluding hydrogens is 383 g/mol. The second kappa shape index (κ2) is 5.31. The van der Waals surface area contributed by atoms with Crippen molar-refractivity contribution >= 4 is 44.3 Å². The summed E-state index contributed by atoms with van der Waals surface area (Å²) in [6.07, 6.45) is 3.31. The van der Waals surface area contributed by atoms with Gasteiger partial charge in [0.1, 0.15) is 0 Å². The van der Waals surface area contributed by atoms with Gasteiger partial charge in [-0.15, -0.1) is 0 Å². The van der Waals surface area contributed by atoms with Gasteiger partial charge in [0.05, 0.1) is 12.9 Å². The fourth-order valence-corrected chi connectivity index (χ4v) is 2.49. The first kappa shape index (κ1) is 12.1. The number of hydrogen-bond acceptors (Lipinski definition) is 2. The van der Waals surface area contributed by atoms with E-state index >= 15 is 0 Å². The van der Waals surface area contributed by atoms with E-state index in [1.807, 2.05) is 18.2 Å². The van der Waals surface area contributed by atoms with Crippen molar-refractivity contribution in [2.75, 3.05) is 6.61 Å². The molecule has 0 bridgehead atoms. The summed E-state index contributed by atoms with van der Waals surface area (Å²) in [6.45, 7) is 0.713. The Balaban J connectivity index is 2.33. The number of ketones is 1. The largest absolute Gasteiger partial charge is 0.501 e. The number of benzene rings is 1. The molecule has 0 radical (unpaired) electrons. The third kappa shape index (κ3) is 2.66. The molecule has 1 aliphatic heterocycles.